The smallest absolute Gasteiger partial charge is 0.328 e. The number of carboxylic acids is 1. The number of aliphatic hydroxyl groups excluding tert-OH is 1. The van der Waals surface area contributed by atoms with Crippen molar-refractivity contribution in [3.8, 4) is 0 Å². The second kappa shape index (κ2) is 20.0. The van der Waals surface area contributed by atoms with E-state index in [4.69, 9.17) is 20.0 Å². The van der Waals surface area contributed by atoms with Gasteiger partial charge >= 0.3 is 13.6 Å². The number of carboxylic acid groups (broad SMARTS) is 1. The van der Waals surface area contributed by atoms with E-state index in [1.54, 1.807) is 0 Å². The monoisotopic (exact) mass is 453 g/mol. The molecule has 30 heavy (non-hydrogen) atoms. The summed E-state index contributed by atoms with van der Waals surface area (Å²) in [5.74, 6) is -0.924. The lowest BCUT2D eigenvalue weighted by Crippen LogP contribution is -2.31. The maximum absolute atomic E-state index is 10.3. The Hall–Kier alpha value is -0.950. The van der Waals surface area contributed by atoms with Crippen molar-refractivity contribution in [3.05, 3.63) is 0 Å². The first-order valence-electron chi connectivity index (χ1n) is 11.2. The van der Waals surface area contributed by atoms with Crippen LogP contribution in [-0.2, 0) is 14.2 Å². The second-order valence-corrected chi connectivity index (χ2v) is 10.0. The van der Waals surface area contributed by atoms with Crippen molar-refractivity contribution in [1.29, 1.82) is 0 Å². The average molecular weight is 454 g/mol. The Morgan fingerprint density at radius 3 is 1.43 bits per heavy atom. The van der Waals surface area contributed by atoms with Crippen LogP contribution in [0.25, 0.3) is 0 Å². The van der Waals surface area contributed by atoms with Gasteiger partial charge in [0.2, 0.25) is 5.91 Å². The number of aliphatic hydroxyl groups is 1. The fourth-order valence-electron chi connectivity index (χ4n) is 2.91. The van der Waals surface area contributed by atoms with Crippen LogP contribution in [0.15, 0.2) is 0 Å². The molecular formula is C21H44NO7P. The first kappa shape index (κ1) is 31.2. The Kier molecular flexibility index (Phi) is 20.8. The Balaban J connectivity index is 0. The molecule has 0 saturated heterocycles. The van der Waals surface area contributed by atoms with Crippen molar-refractivity contribution >= 4 is 19.5 Å². The van der Waals surface area contributed by atoms with Gasteiger partial charge in [0.15, 0.2) is 0 Å². The van der Waals surface area contributed by atoms with Gasteiger partial charge in [0, 0.05) is 6.42 Å². The minimum Gasteiger partial charge on any atom is -0.481 e. The summed E-state index contributed by atoms with van der Waals surface area (Å²) in [6.07, 6.45) is 14.6. The summed E-state index contributed by atoms with van der Waals surface area (Å²) in [5, 5.41) is 17.0. The summed E-state index contributed by atoms with van der Waals surface area (Å²) in [5.41, 5.74) is 4.51. The highest BCUT2D eigenvalue weighted by Gasteiger charge is 2.23. The first-order chi connectivity index (χ1) is 14.0. The molecule has 1 unspecified atom stereocenters. The molecule has 1 atom stereocenters. The third kappa shape index (κ3) is 29.3. The minimum absolute atomic E-state index is 0.344. The van der Waals surface area contributed by atoms with E-state index in [0.717, 1.165) is 18.8 Å². The molecule has 0 aliphatic rings. The van der Waals surface area contributed by atoms with Crippen molar-refractivity contribution in [3.63, 3.8) is 0 Å². The first-order valence-corrected chi connectivity index (χ1v) is 13.0. The van der Waals surface area contributed by atoms with Crippen LogP contribution >= 0.6 is 7.60 Å². The van der Waals surface area contributed by atoms with E-state index >= 15 is 0 Å². The molecule has 0 fully saturated rings. The van der Waals surface area contributed by atoms with Gasteiger partial charge in [-0.25, -0.2) is 0 Å². The predicted molar refractivity (Wildman–Crippen MR) is 119 cm³/mol. The van der Waals surface area contributed by atoms with Gasteiger partial charge in [-0.2, -0.15) is 0 Å². The number of hydrogen-bond acceptors (Lipinski definition) is 4. The van der Waals surface area contributed by atoms with Gasteiger partial charge < -0.3 is 25.7 Å². The lowest BCUT2D eigenvalue weighted by Gasteiger charge is -2.06. The van der Waals surface area contributed by atoms with Gasteiger partial charge in [-0.05, 0) is 12.3 Å². The van der Waals surface area contributed by atoms with Crippen LogP contribution in [0.2, 0.25) is 0 Å². The molecule has 0 aromatic rings. The van der Waals surface area contributed by atoms with Gasteiger partial charge in [0.1, 0.15) is 6.10 Å². The number of unbranched alkanes of at least 4 members (excludes halogenated alkanes) is 11. The molecule has 0 aromatic heterocycles. The van der Waals surface area contributed by atoms with Gasteiger partial charge in [0.05, 0.1) is 6.16 Å². The number of primary amides is 1. The molecule has 0 spiro atoms. The fraction of sp³-hybridized carbons (Fsp3) is 0.905. The molecule has 180 valence electrons. The molecule has 6 N–H and O–H groups in total. The predicted octanol–water partition coefficient (Wildman–Crippen LogP) is 4.20. The summed E-state index contributed by atoms with van der Waals surface area (Å²) in [6.45, 7) is 4.61. The second-order valence-electron chi connectivity index (χ2n) is 8.33. The summed E-state index contributed by atoms with van der Waals surface area (Å²) in [6, 6.07) is 0. The number of rotatable bonds is 18. The Morgan fingerprint density at radius 1 is 0.800 bits per heavy atom. The van der Waals surface area contributed by atoms with E-state index in [9.17, 15) is 14.2 Å². The molecule has 0 radical (unpaired) electrons. The van der Waals surface area contributed by atoms with Crippen molar-refractivity contribution in [1.82, 2.24) is 0 Å². The number of carbonyl (C=O) groups is 2. The maximum atomic E-state index is 10.3. The van der Waals surface area contributed by atoms with E-state index in [1.165, 1.54) is 70.6 Å². The molecule has 9 heteroatoms. The van der Waals surface area contributed by atoms with E-state index in [2.05, 4.69) is 19.6 Å². The van der Waals surface area contributed by atoms with Gasteiger partial charge in [-0.1, -0.05) is 90.9 Å². The van der Waals surface area contributed by atoms with E-state index in [1.807, 2.05) is 0 Å². The lowest BCUT2D eigenvalue weighted by atomic mass is 10.0. The molecule has 0 aromatic carbocycles. The molecule has 0 rings (SSSR count). The van der Waals surface area contributed by atoms with Gasteiger partial charge in [-0.3, -0.25) is 14.2 Å². The molecule has 0 aliphatic heterocycles. The van der Waals surface area contributed by atoms with Crippen LogP contribution in [0.1, 0.15) is 104 Å². The standard InChI is InChI=1S/C18H36O2.C3H8NO5P/c1-17(2)15-13-11-9-7-5-3-4-6-8-10-12-14-16-18(19)20;4-3(6)2(5)1-10(7,8)9/h17H,3-16H2,1-2H3,(H,19,20);2,5H,1H2,(H2,4,6)(H2,7,8,9). The van der Waals surface area contributed by atoms with Crippen molar-refractivity contribution in [2.45, 2.75) is 110 Å². The van der Waals surface area contributed by atoms with Gasteiger partial charge in [-0.15, -0.1) is 0 Å². The van der Waals surface area contributed by atoms with Crippen LogP contribution < -0.4 is 5.73 Å². The van der Waals surface area contributed by atoms with Gasteiger partial charge in [0.25, 0.3) is 0 Å². The molecule has 0 aliphatic carbocycles. The number of aliphatic carboxylic acids is 1. The highest BCUT2D eigenvalue weighted by molar-refractivity contribution is 7.51. The highest BCUT2D eigenvalue weighted by Crippen LogP contribution is 2.34. The SMILES string of the molecule is CC(C)CCCCCCCCCCCCCCC(=O)O.NC(=O)C(O)CP(=O)(O)O. The molecule has 0 saturated carbocycles. The van der Waals surface area contributed by atoms with E-state index < -0.39 is 31.7 Å². The third-order valence-electron chi connectivity index (χ3n) is 4.66. The summed E-state index contributed by atoms with van der Waals surface area (Å²) in [4.78, 5) is 36.7. The van der Waals surface area contributed by atoms with Crippen molar-refractivity contribution in [2.24, 2.45) is 11.7 Å². The zero-order valence-electron chi connectivity index (χ0n) is 18.8. The van der Waals surface area contributed by atoms with Crippen LogP contribution in [0.3, 0.4) is 0 Å². The van der Waals surface area contributed by atoms with Crippen LogP contribution in [-0.4, -0.2) is 44.1 Å². The summed E-state index contributed by atoms with van der Waals surface area (Å²) < 4.78 is 10.1. The summed E-state index contributed by atoms with van der Waals surface area (Å²) >= 11 is 0. The number of hydrogen-bond donors (Lipinski definition) is 5. The summed E-state index contributed by atoms with van der Waals surface area (Å²) in [7, 11) is -4.33. The number of carbonyl (C=O) groups excluding carboxylic acids is 1. The molecule has 0 bridgehead atoms. The average Bonchev–Trinajstić information content (AvgIpc) is 2.60. The quantitative estimate of drug-likeness (QED) is 0.154. The highest BCUT2D eigenvalue weighted by atomic mass is 31.2. The Labute approximate surface area is 181 Å². The van der Waals surface area contributed by atoms with E-state index in [0.29, 0.717) is 6.42 Å². The fourth-order valence-corrected chi connectivity index (χ4v) is 3.54. The molecule has 8 nitrogen and oxygen atoms in total. The minimum atomic E-state index is -4.33. The topological polar surface area (TPSA) is 158 Å². The number of amides is 1. The molecule has 0 heterocycles. The third-order valence-corrected chi connectivity index (χ3v) is 5.48. The molecular weight excluding hydrogens is 409 g/mol. The molecule has 1 amide bonds. The lowest BCUT2D eigenvalue weighted by molar-refractivity contribution is -0.137. The maximum Gasteiger partial charge on any atom is 0.328 e. The van der Waals surface area contributed by atoms with Crippen LogP contribution in [0.4, 0.5) is 0 Å². The largest absolute Gasteiger partial charge is 0.481 e. The zero-order valence-corrected chi connectivity index (χ0v) is 19.7. The Bertz CT molecular complexity index is 480. The zero-order chi connectivity index (χ0) is 23.4. The van der Waals surface area contributed by atoms with Crippen LogP contribution in [0.5, 0.6) is 0 Å². The van der Waals surface area contributed by atoms with Crippen molar-refractivity contribution in [2.75, 3.05) is 6.16 Å². The Morgan fingerprint density at radius 2 is 1.17 bits per heavy atom. The van der Waals surface area contributed by atoms with E-state index in [-0.39, 0.29) is 0 Å². The van der Waals surface area contributed by atoms with Crippen molar-refractivity contribution < 1.29 is 34.2 Å². The normalized spacial score (nSPS) is 12.3. The number of nitrogens with two attached hydrogens (primary N) is 1. The van der Waals surface area contributed by atoms with Crippen LogP contribution in [0, 0.1) is 5.92 Å².